The number of aliphatic hydroxyl groups is 2. The number of nitrogens with zero attached hydrogens (tertiary/aromatic N) is 2. The van der Waals surface area contributed by atoms with Gasteiger partial charge in [-0.05, 0) is 28.9 Å². The minimum atomic E-state index is -0.845. The van der Waals surface area contributed by atoms with Gasteiger partial charge >= 0.3 is 0 Å². The van der Waals surface area contributed by atoms with Crippen molar-refractivity contribution in [1.82, 2.24) is 20.5 Å². The number of carbonyl (C=O) groups excluding carboxylic acids is 3. The molecule has 2 aromatic rings. The van der Waals surface area contributed by atoms with Crippen LogP contribution in [0, 0.1) is 10.8 Å². The summed E-state index contributed by atoms with van der Waals surface area (Å²) in [5, 5.41) is 25.8. The number of β-amino-alcohol motifs (C(OH)–C–C–N with tert-alkyl or cyclic N) is 1. The molecule has 10 heteroatoms. The minimum absolute atomic E-state index is 0.0315. The molecule has 39 heavy (non-hydrogen) atoms. The maximum Gasteiger partial charge on any atom is 0.246 e. The van der Waals surface area contributed by atoms with Crippen molar-refractivity contribution < 1.29 is 24.6 Å². The molecule has 9 nitrogen and oxygen atoms in total. The van der Waals surface area contributed by atoms with Gasteiger partial charge in [0.2, 0.25) is 17.7 Å². The average molecular weight is 559 g/mol. The summed E-state index contributed by atoms with van der Waals surface area (Å²) in [5.41, 5.74) is 3.30. The van der Waals surface area contributed by atoms with E-state index in [-0.39, 0.29) is 55.2 Å². The van der Waals surface area contributed by atoms with Crippen LogP contribution in [0.2, 0.25) is 0 Å². The highest BCUT2D eigenvalue weighted by molar-refractivity contribution is 7.13. The number of thiazole rings is 1. The van der Waals surface area contributed by atoms with Gasteiger partial charge in [0.15, 0.2) is 0 Å². The number of aliphatic hydroxyl groups excluding tert-OH is 2. The zero-order valence-electron chi connectivity index (χ0n) is 23.9. The lowest BCUT2D eigenvalue weighted by molar-refractivity contribution is -0.144. The molecule has 214 valence electrons. The number of likely N-dealkylation sites (tertiary alicyclic amines) is 1. The van der Waals surface area contributed by atoms with E-state index < -0.39 is 23.6 Å². The van der Waals surface area contributed by atoms with Crippen LogP contribution < -0.4 is 10.6 Å². The molecule has 1 saturated heterocycles. The highest BCUT2D eigenvalue weighted by Gasteiger charge is 2.44. The Bertz CT molecular complexity index is 1170. The van der Waals surface area contributed by atoms with E-state index in [2.05, 4.69) is 15.6 Å². The topological polar surface area (TPSA) is 132 Å². The molecule has 0 saturated carbocycles. The lowest BCUT2D eigenvalue weighted by Gasteiger charge is -2.36. The third-order valence-electron chi connectivity index (χ3n) is 6.80. The summed E-state index contributed by atoms with van der Waals surface area (Å²) >= 11 is 1.45. The maximum atomic E-state index is 13.7. The Morgan fingerprint density at radius 2 is 1.74 bits per heavy atom. The molecule has 4 atom stereocenters. The van der Waals surface area contributed by atoms with Crippen molar-refractivity contribution in [2.75, 3.05) is 6.54 Å². The van der Waals surface area contributed by atoms with Crippen LogP contribution in [0.3, 0.4) is 0 Å². The third kappa shape index (κ3) is 7.86. The fraction of sp³-hybridized carbons (Fsp3) is 0.586. The van der Waals surface area contributed by atoms with Gasteiger partial charge in [0.25, 0.3) is 0 Å². The van der Waals surface area contributed by atoms with Crippen LogP contribution in [-0.2, 0) is 21.0 Å². The predicted molar refractivity (Wildman–Crippen MR) is 152 cm³/mol. The van der Waals surface area contributed by atoms with Gasteiger partial charge in [-0.15, -0.1) is 11.3 Å². The number of hydrogen-bond donors (Lipinski definition) is 4. The molecular formula is C29H42N4O5S. The smallest absolute Gasteiger partial charge is 0.246 e. The molecule has 0 radical (unpaired) electrons. The van der Waals surface area contributed by atoms with Gasteiger partial charge in [0.05, 0.1) is 34.8 Å². The molecule has 1 aliphatic rings. The number of hydrogen-bond acceptors (Lipinski definition) is 7. The Morgan fingerprint density at radius 1 is 1.10 bits per heavy atom. The molecule has 0 spiro atoms. The van der Waals surface area contributed by atoms with Gasteiger partial charge in [-0.1, -0.05) is 65.8 Å². The van der Waals surface area contributed by atoms with Crippen LogP contribution in [-0.4, -0.2) is 62.6 Å². The molecule has 2 heterocycles. The second-order valence-electron chi connectivity index (χ2n) is 12.6. The van der Waals surface area contributed by atoms with Crippen LogP contribution in [0.4, 0.5) is 0 Å². The van der Waals surface area contributed by atoms with Crippen LogP contribution in [0.25, 0.3) is 10.4 Å². The van der Waals surface area contributed by atoms with E-state index in [9.17, 15) is 24.6 Å². The van der Waals surface area contributed by atoms with E-state index in [1.54, 1.807) is 5.51 Å². The molecule has 1 aliphatic heterocycles. The van der Waals surface area contributed by atoms with E-state index in [1.165, 1.54) is 16.2 Å². The van der Waals surface area contributed by atoms with Crippen molar-refractivity contribution in [2.24, 2.45) is 10.8 Å². The SMILES string of the molecule is CC(NC(=O)C1CC(O)CN1C(=O)C(NC(=O)CC(C)(C)C)C(C)(C)C)c1ccc(-c2scnc2CO)cc1. The van der Waals surface area contributed by atoms with Gasteiger partial charge in [0.1, 0.15) is 12.1 Å². The fourth-order valence-corrected chi connectivity index (χ4v) is 5.56. The summed E-state index contributed by atoms with van der Waals surface area (Å²) < 4.78 is 0. The van der Waals surface area contributed by atoms with Crippen LogP contribution >= 0.6 is 11.3 Å². The summed E-state index contributed by atoms with van der Waals surface area (Å²) in [4.78, 5) is 46.3. The minimum Gasteiger partial charge on any atom is -0.391 e. The third-order valence-corrected chi connectivity index (χ3v) is 7.71. The Hall–Kier alpha value is -2.82. The summed E-state index contributed by atoms with van der Waals surface area (Å²) in [6.07, 6.45) is -0.434. The normalized spacial score (nSPS) is 19.5. The summed E-state index contributed by atoms with van der Waals surface area (Å²) in [6.45, 7) is 13.2. The van der Waals surface area contributed by atoms with Crippen molar-refractivity contribution in [2.45, 2.75) is 92.1 Å². The van der Waals surface area contributed by atoms with Gasteiger partial charge in [-0.25, -0.2) is 4.98 Å². The highest BCUT2D eigenvalue weighted by Crippen LogP contribution is 2.30. The van der Waals surface area contributed by atoms with Crippen molar-refractivity contribution in [1.29, 1.82) is 0 Å². The summed E-state index contributed by atoms with van der Waals surface area (Å²) in [7, 11) is 0. The zero-order chi connectivity index (χ0) is 29.1. The largest absolute Gasteiger partial charge is 0.391 e. The van der Waals surface area contributed by atoms with Crippen LogP contribution in [0.5, 0.6) is 0 Å². The first-order chi connectivity index (χ1) is 18.1. The molecule has 1 aromatic carbocycles. The molecule has 0 aliphatic carbocycles. The van der Waals surface area contributed by atoms with Crippen molar-refractivity contribution in [3.05, 3.63) is 41.0 Å². The van der Waals surface area contributed by atoms with Crippen molar-refractivity contribution in [3.8, 4) is 10.4 Å². The van der Waals surface area contributed by atoms with E-state index >= 15 is 0 Å². The second-order valence-corrected chi connectivity index (χ2v) is 13.5. The maximum absolute atomic E-state index is 13.7. The molecule has 4 unspecified atom stereocenters. The van der Waals surface area contributed by atoms with Gasteiger partial charge < -0.3 is 25.7 Å². The molecule has 1 fully saturated rings. The molecule has 0 bridgehead atoms. The monoisotopic (exact) mass is 558 g/mol. The zero-order valence-corrected chi connectivity index (χ0v) is 24.8. The number of aromatic nitrogens is 1. The Balaban J connectivity index is 1.72. The first kappa shape index (κ1) is 30.7. The van der Waals surface area contributed by atoms with Gasteiger partial charge in [0, 0.05) is 19.4 Å². The quantitative estimate of drug-likeness (QED) is 0.393. The molecule has 4 N–H and O–H groups in total. The number of rotatable bonds is 8. The lowest BCUT2D eigenvalue weighted by atomic mass is 9.84. The fourth-order valence-electron chi connectivity index (χ4n) is 4.75. The van der Waals surface area contributed by atoms with Crippen molar-refractivity contribution >= 4 is 29.1 Å². The first-order valence-electron chi connectivity index (χ1n) is 13.3. The van der Waals surface area contributed by atoms with E-state index in [1.807, 2.05) is 72.7 Å². The van der Waals surface area contributed by atoms with Crippen molar-refractivity contribution in [3.63, 3.8) is 0 Å². The van der Waals surface area contributed by atoms with E-state index in [0.717, 1.165) is 16.0 Å². The Morgan fingerprint density at radius 3 is 2.31 bits per heavy atom. The molecule has 1 aromatic heterocycles. The molecule has 3 amide bonds. The van der Waals surface area contributed by atoms with E-state index in [0.29, 0.717) is 5.69 Å². The highest BCUT2D eigenvalue weighted by atomic mass is 32.1. The van der Waals surface area contributed by atoms with Crippen LogP contribution in [0.15, 0.2) is 29.8 Å². The second kappa shape index (κ2) is 12.1. The number of benzene rings is 1. The Kier molecular flexibility index (Phi) is 9.56. The number of nitrogens with one attached hydrogen (secondary N) is 2. The average Bonchev–Trinajstić information content (AvgIpc) is 3.47. The number of amides is 3. The van der Waals surface area contributed by atoms with E-state index in [4.69, 9.17) is 0 Å². The lowest BCUT2D eigenvalue weighted by Crippen LogP contribution is -2.58. The first-order valence-corrected chi connectivity index (χ1v) is 14.2. The molecular weight excluding hydrogens is 516 g/mol. The molecule has 3 rings (SSSR count). The standard InChI is InChI=1S/C29H42N4O5S/c1-17(18-8-10-19(11-9-18)24-21(15-34)30-16-39-24)31-26(37)22-12-20(35)14-33(22)27(38)25(29(5,6)7)32-23(36)13-28(2,3)4/h8-11,16-17,20,22,25,34-35H,12-15H2,1-7H3,(H,31,37)(H,32,36). The Labute approximate surface area is 235 Å². The van der Waals surface area contributed by atoms with Crippen LogP contribution in [0.1, 0.15) is 78.6 Å². The summed E-state index contributed by atoms with van der Waals surface area (Å²) in [5.74, 6) is -0.948. The number of carbonyl (C=O) groups is 3. The van der Waals surface area contributed by atoms with Gasteiger partial charge in [-0.3, -0.25) is 14.4 Å². The predicted octanol–water partition coefficient (Wildman–Crippen LogP) is 3.41. The summed E-state index contributed by atoms with van der Waals surface area (Å²) in [6, 6.07) is 5.64. The van der Waals surface area contributed by atoms with Gasteiger partial charge in [-0.2, -0.15) is 0 Å².